The molecule has 0 N–H and O–H groups in total. The predicted octanol–water partition coefficient (Wildman–Crippen LogP) is 4.41. The van der Waals surface area contributed by atoms with E-state index in [1.807, 2.05) is 0 Å². The molecule has 15 heavy (non-hydrogen) atoms. The van der Waals surface area contributed by atoms with Crippen LogP contribution in [0.2, 0.25) is 0 Å². The summed E-state index contributed by atoms with van der Waals surface area (Å²) in [5, 5.41) is 0. The van der Waals surface area contributed by atoms with Crippen LogP contribution in [0.15, 0.2) is 0 Å². The van der Waals surface area contributed by atoms with Crippen molar-refractivity contribution in [1.29, 1.82) is 0 Å². The molecule has 0 aromatic heterocycles. The summed E-state index contributed by atoms with van der Waals surface area (Å²) < 4.78 is 5.98. The maximum absolute atomic E-state index is 5.98. The quantitative estimate of drug-likeness (QED) is 0.673. The molecule has 1 saturated carbocycles. The molecule has 1 aliphatic carbocycles. The zero-order chi connectivity index (χ0) is 11.5. The van der Waals surface area contributed by atoms with E-state index in [2.05, 4.69) is 34.6 Å². The van der Waals surface area contributed by atoms with Gasteiger partial charge in [0.15, 0.2) is 0 Å². The second-order valence-electron chi connectivity index (χ2n) is 6.44. The summed E-state index contributed by atoms with van der Waals surface area (Å²) in [6.07, 6.45) is 6.30. The molecule has 90 valence electrons. The van der Waals surface area contributed by atoms with E-state index in [4.69, 9.17) is 4.74 Å². The van der Waals surface area contributed by atoms with Gasteiger partial charge in [0.2, 0.25) is 0 Å². The van der Waals surface area contributed by atoms with E-state index in [0.717, 1.165) is 18.9 Å². The Morgan fingerprint density at radius 3 is 2.13 bits per heavy atom. The van der Waals surface area contributed by atoms with Crippen LogP contribution in [0.4, 0.5) is 0 Å². The molecule has 0 aliphatic heterocycles. The van der Waals surface area contributed by atoms with Gasteiger partial charge >= 0.3 is 0 Å². The molecule has 0 amide bonds. The number of hydrogen-bond donors (Lipinski definition) is 0. The topological polar surface area (TPSA) is 9.23 Å². The lowest BCUT2D eigenvalue weighted by Crippen LogP contribution is -2.37. The van der Waals surface area contributed by atoms with Crippen molar-refractivity contribution in [3.63, 3.8) is 0 Å². The summed E-state index contributed by atoms with van der Waals surface area (Å²) in [6, 6.07) is 0. The summed E-state index contributed by atoms with van der Waals surface area (Å²) in [5.74, 6) is 0.885. The van der Waals surface area contributed by atoms with Crippen molar-refractivity contribution < 1.29 is 4.74 Å². The van der Waals surface area contributed by atoms with Crippen LogP contribution < -0.4 is 0 Å². The smallest absolute Gasteiger partial charge is 0.0654 e. The number of ether oxygens (including phenoxy) is 1. The van der Waals surface area contributed by atoms with E-state index in [9.17, 15) is 0 Å². The zero-order valence-electron chi connectivity index (χ0n) is 11.2. The maximum Gasteiger partial charge on any atom is 0.0654 e. The van der Waals surface area contributed by atoms with E-state index in [-0.39, 0.29) is 5.60 Å². The molecule has 0 radical (unpaired) electrons. The predicted molar refractivity (Wildman–Crippen MR) is 66.1 cm³/mol. The lowest BCUT2D eigenvalue weighted by atomic mass is 9.69. The zero-order valence-corrected chi connectivity index (χ0v) is 11.2. The fraction of sp³-hybridized carbons (Fsp3) is 1.00. The van der Waals surface area contributed by atoms with Crippen molar-refractivity contribution in [2.75, 3.05) is 6.61 Å². The van der Waals surface area contributed by atoms with Crippen molar-refractivity contribution in [2.24, 2.45) is 11.3 Å². The molecule has 0 saturated heterocycles. The molecule has 0 bridgehead atoms. The molecule has 0 spiro atoms. The molecule has 1 heteroatoms. The summed E-state index contributed by atoms with van der Waals surface area (Å²) in [4.78, 5) is 0. The summed E-state index contributed by atoms with van der Waals surface area (Å²) in [5.41, 5.74) is 0.657. The van der Waals surface area contributed by atoms with Crippen LogP contribution in [0, 0.1) is 11.3 Å². The first-order chi connectivity index (χ1) is 6.87. The van der Waals surface area contributed by atoms with Gasteiger partial charge in [0.1, 0.15) is 0 Å². The van der Waals surface area contributed by atoms with Crippen LogP contribution in [-0.2, 0) is 4.74 Å². The molecular weight excluding hydrogens is 184 g/mol. The first kappa shape index (κ1) is 13.0. The molecular formula is C14H28O. The van der Waals surface area contributed by atoms with Crippen molar-refractivity contribution in [3.8, 4) is 0 Å². The van der Waals surface area contributed by atoms with Crippen molar-refractivity contribution in [3.05, 3.63) is 0 Å². The minimum atomic E-state index is 0.178. The first-order valence-corrected chi connectivity index (χ1v) is 6.51. The van der Waals surface area contributed by atoms with Crippen LogP contribution in [0.25, 0.3) is 0 Å². The van der Waals surface area contributed by atoms with Gasteiger partial charge in [-0.15, -0.1) is 0 Å². The van der Waals surface area contributed by atoms with Crippen LogP contribution in [0.5, 0.6) is 0 Å². The van der Waals surface area contributed by atoms with Crippen LogP contribution >= 0.6 is 0 Å². The molecule has 1 fully saturated rings. The third-order valence-corrected chi connectivity index (χ3v) is 3.92. The summed E-state index contributed by atoms with van der Waals surface area (Å²) >= 11 is 0. The molecule has 0 heterocycles. The van der Waals surface area contributed by atoms with E-state index >= 15 is 0 Å². The maximum atomic E-state index is 5.98. The minimum Gasteiger partial charge on any atom is -0.375 e. The van der Waals surface area contributed by atoms with Gasteiger partial charge in [-0.25, -0.2) is 0 Å². The van der Waals surface area contributed by atoms with Crippen molar-refractivity contribution >= 4 is 0 Å². The number of rotatable bonds is 3. The van der Waals surface area contributed by atoms with Crippen LogP contribution in [-0.4, -0.2) is 12.2 Å². The van der Waals surface area contributed by atoms with Crippen LogP contribution in [0.1, 0.15) is 66.7 Å². The van der Waals surface area contributed by atoms with Crippen molar-refractivity contribution in [2.45, 2.75) is 72.3 Å². The van der Waals surface area contributed by atoms with Gasteiger partial charge in [0.25, 0.3) is 0 Å². The van der Waals surface area contributed by atoms with Crippen LogP contribution in [0.3, 0.4) is 0 Å². The molecule has 0 unspecified atom stereocenters. The van der Waals surface area contributed by atoms with Gasteiger partial charge in [0, 0.05) is 6.61 Å². The van der Waals surface area contributed by atoms with E-state index < -0.39 is 0 Å². The Morgan fingerprint density at radius 1 is 1.20 bits per heavy atom. The largest absolute Gasteiger partial charge is 0.375 e. The van der Waals surface area contributed by atoms with E-state index in [0.29, 0.717) is 5.41 Å². The molecule has 0 aromatic carbocycles. The minimum absolute atomic E-state index is 0.178. The average Bonchev–Trinajstić information content (AvgIpc) is 2.14. The SMILES string of the molecule is CCCOC1(C)CCC(C(C)(C)C)CC1. The molecule has 1 rings (SSSR count). The van der Waals surface area contributed by atoms with Gasteiger partial charge in [-0.3, -0.25) is 0 Å². The van der Waals surface area contributed by atoms with Crippen molar-refractivity contribution in [1.82, 2.24) is 0 Å². The second kappa shape index (κ2) is 4.86. The third-order valence-electron chi connectivity index (χ3n) is 3.92. The van der Waals surface area contributed by atoms with Gasteiger partial charge in [-0.05, 0) is 50.4 Å². The molecule has 1 aliphatic rings. The normalized spacial score (nSPS) is 33.0. The van der Waals surface area contributed by atoms with E-state index in [1.54, 1.807) is 0 Å². The second-order valence-corrected chi connectivity index (χ2v) is 6.44. The van der Waals surface area contributed by atoms with Gasteiger partial charge in [-0.1, -0.05) is 27.7 Å². The molecule has 0 atom stereocenters. The van der Waals surface area contributed by atoms with Gasteiger partial charge in [0.05, 0.1) is 5.60 Å². The highest BCUT2D eigenvalue weighted by Crippen LogP contribution is 2.42. The summed E-state index contributed by atoms with van der Waals surface area (Å²) in [6.45, 7) is 12.5. The highest BCUT2D eigenvalue weighted by Gasteiger charge is 2.36. The Morgan fingerprint density at radius 2 is 1.73 bits per heavy atom. The standard InChI is InChI=1S/C14H28O/c1-6-11-15-14(5)9-7-12(8-10-14)13(2,3)4/h12H,6-11H2,1-5H3. The Balaban J connectivity index is 2.41. The summed E-state index contributed by atoms with van der Waals surface area (Å²) in [7, 11) is 0. The third kappa shape index (κ3) is 3.79. The molecule has 1 nitrogen and oxygen atoms in total. The highest BCUT2D eigenvalue weighted by molar-refractivity contribution is 4.87. The average molecular weight is 212 g/mol. The van der Waals surface area contributed by atoms with E-state index in [1.165, 1.54) is 25.7 Å². The Hall–Kier alpha value is -0.0400. The fourth-order valence-electron chi connectivity index (χ4n) is 2.59. The Bertz CT molecular complexity index is 182. The first-order valence-electron chi connectivity index (χ1n) is 6.51. The Kier molecular flexibility index (Phi) is 4.22. The van der Waals surface area contributed by atoms with Gasteiger partial charge in [-0.2, -0.15) is 0 Å². The fourth-order valence-corrected chi connectivity index (χ4v) is 2.59. The molecule has 0 aromatic rings. The Labute approximate surface area is 95.6 Å². The monoisotopic (exact) mass is 212 g/mol. The highest BCUT2D eigenvalue weighted by atomic mass is 16.5. The van der Waals surface area contributed by atoms with Gasteiger partial charge < -0.3 is 4.74 Å². The lowest BCUT2D eigenvalue weighted by molar-refractivity contribution is -0.0730. The number of hydrogen-bond acceptors (Lipinski definition) is 1. The lowest BCUT2D eigenvalue weighted by Gasteiger charge is -2.42.